The van der Waals surface area contributed by atoms with Gasteiger partial charge in [-0.2, -0.15) is 0 Å². The molecule has 0 saturated heterocycles. The van der Waals surface area contributed by atoms with Gasteiger partial charge in [0.2, 0.25) is 0 Å². The first-order valence-electron chi connectivity index (χ1n) is 7.30. The lowest BCUT2D eigenvalue weighted by molar-refractivity contribution is 0.378. The summed E-state index contributed by atoms with van der Waals surface area (Å²) in [7, 11) is 0. The molecule has 2 N–H and O–H groups in total. The van der Waals surface area contributed by atoms with Crippen LogP contribution in [0.15, 0.2) is 17.1 Å². The number of thiophene rings is 1. The summed E-state index contributed by atoms with van der Waals surface area (Å²) in [4.78, 5) is 7.36. The van der Waals surface area contributed by atoms with Crippen LogP contribution in [0.25, 0.3) is 0 Å². The van der Waals surface area contributed by atoms with Gasteiger partial charge in [0.05, 0.1) is 0 Å². The smallest absolute Gasteiger partial charge is 0.191 e. The first-order valence-corrected chi connectivity index (χ1v) is 8.12. The minimum atomic E-state index is 0. The Morgan fingerprint density at radius 3 is 2.70 bits per heavy atom. The van der Waals surface area contributed by atoms with E-state index in [2.05, 4.69) is 48.5 Å². The highest BCUT2D eigenvalue weighted by Gasteiger charge is 2.19. The fourth-order valence-electron chi connectivity index (χ4n) is 2.22. The molecule has 1 aliphatic carbocycles. The van der Waals surface area contributed by atoms with E-state index in [0.29, 0.717) is 12.1 Å². The molecule has 0 amide bonds. The summed E-state index contributed by atoms with van der Waals surface area (Å²) in [5, 5.41) is 7.04. The Morgan fingerprint density at radius 2 is 2.20 bits per heavy atom. The maximum absolute atomic E-state index is 4.53. The number of guanidine groups is 1. The van der Waals surface area contributed by atoms with Crippen molar-refractivity contribution in [3.63, 3.8) is 0 Å². The number of hydrogen-bond acceptors (Lipinski definition) is 2. The van der Waals surface area contributed by atoms with Crippen molar-refractivity contribution < 1.29 is 0 Å². The lowest BCUT2D eigenvalue weighted by Crippen LogP contribution is -2.49. The number of nitrogens with zero attached hydrogens (tertiary/aromatic N) is 1. The second-order valence-corrected chi connectivity index (χ2v) is 6.73. The molecule has 1 saturated carbocycles. The molecule has 5 heteroatoms. The zero-order chi connectivity index (χ0) is 13.7. The summed E-state index contributed by atoms with van der Waals surface area (Å²) in [5.41, 5.74) is 0. The Morgan fingerprint density at radius 1 is 1.45 bits per heavy atom. The van der Waals surface area contributed by atoms with E-state index in [1.165, 1.54) is 29.0 Å². The minimum Gasteiger partial charge on any atom is -0.354 e. The van der Waals surface area contributed by atoms with Crippen LogP contribution in [0, 0.1) is 6.92 Å². The van der Waals surface area contributed by atoms with E-state index in [4.69, 9.17) is 0 Å². The lowest BCUT2D eigenvalue weighted by Gasteiger charge is -2.29. The molecule has 1 aliphatic rings. The maximum Gasteiger partial charge on any atom is 0.191 e. The molecule has 0 bridgehead atoms. The molecule has 1 fully saturated rings. The molecule has 0 aromatic carbocycles. The Balaban J connectivity index is 0.00000200. The van der Waals surface area contributed by atoms with Gasteiger partial charge in [0.25, 0.3) is 0 Å². The van der Waals surface area contributed by atoms with Crippen LogP contribution in [-0.4, -0.2) is 24.6 Å². The summed E-state index contributed by atoms with van der Waals surface area (Å²) >= 11 is 1.89. The fourth-order valence-corrected chi connectivity index (χ4v) is 3.24. The highest BCUT2D eigenvalue weighted by atomic mass is 127. The van der Waals surface area contributed by atoms with Crippen molar-refractivity contribution in [1.29, 1.82) is 0 Å². The van der Waals surface area contributed by atoms with E-state index in [1.807, 2.05) is 11.3 Å². The molecular formula is C15H26IN3S. The quantitative estimate of drug-likeness (QED) is 0.444. The molecule has 2 rings (SSSR count). The molecule has 20 heavy (non-hydrogen) atoms. The third-order valence-corrected chi connectivity index (χ3v) is 4.47. The fraction of sp³-hybridized carbons (Fsp3) is 0.667. The first-order chi connectivity index (χ1) is 9.17. The van der Waals surface area contributed by atoms with Crippen molar-refractivity contribution in [2.45, 2.75) is 58.5 Å². The Labute approximate surface area is 143 Å². The molecule has 1 heterocycles. The van der Waals surface area contributed by atoms with Crippen molar-refractivity contribution in [1.82, 2.24) is 10.6 Å². The van der Waals surface area contributed by atoms with Crippen LogP contribution in [-0.2, 0) is 6.42 Å². The predicted octanol–water partition coefficient (Wildman–Crippen LogP) is 3.71. The normalized spacial score (nSPS) is 17.1. The average Bonchev–Trinajstić information content (AvgIpc) is 2.69. The number of aryl methyl sites for hydroxylation is 1. The van der Waals surface area contributed by atoms with Gasteiger partial charge in [-0.3, -0.25) is 4.99 Å². The summed E-state index contributed by atoms with van der Waals surface area (Å²) < 4.78 is 0. The van der Waals surface area contributed by atoms with Crippen molar-refractivity contribution in [3.8, 4) is 0 Å². The third-order valence-electron chi connectivity index (χ3n) is 3.45. The summed E-state index contributed by atoms with van der Waals surface area (Å²) in [6, 6.07) is 5.47. The van der Waals surface area contributed by atoms with Gasteiger partial charge < -0.3 is 10.6 Å². The van der Waals surface area contributed by atoms with E-state index in [-0.39, 0.29) is 24.0 Å². The monoisotopic (exact) mass is 407 g/mol. The third kappa shape index (κ3) is 5.60. The molecular weight excluding hydrogens is 381 g/mol. The minimum absolute atomic E-state index is 0. The number of rotatable bonds is 5. The summed E-state index contributed by atoms with van der Waals surface area (Å²) in [6.07, 6.45) is 4.97. The molecule has 1 aromatic rings. The van der Waals surface area contributed by atoms with Crippen LogP contribution in [0.2, 0.25) is 0 Å². The Bertz CT molecular complexity index is 427. The highest BCUT2D eigenvalue weighted by molar-refractivity contribution is 14.0. The number of nitrogens with one attached hydrogen (secondary N) is 2. The van der Waals surface area contributed by atoms with Gasteiger partial charge in [-0.05, 0) is 52.2 Å². The molecule has 1 atom stereocenters. The van der Waals surface area contributed by atoms with E-state index < -0.39 is 0 Å². The Kier molecular flexibility index (Phi) is 7.87. The van der Waals surface area contributed by atoms with Gasteiger partial charge in [-0.15, -0.1) is 35.3 Å². The van der Waals surface area contributed by atoms with Crippen LogP contribution in [0.5, 0.6) is 0 Å². The van der Waals surface area contributed by atoms with E-state index >= 15 is 0 Å². The second-order valence-electron chi connectivity index (χ2n) is 5.36. The molecule has 1 unspecified atom stereocenters. The van der Waals surface area contributed by atoms with E-state index in [1.54, 1.807) is 0 Å². The molecule has 114 valence electrons. The van der Waals surface area contributed by atoms with Crippen LogP contribution in [0.4, 0.5) is 0 Å². The molecule has 3 nitrogen and oxygen atoms in total. The van der Waals surface area contributed by atoms with Crippen LogP contribution < -0.4 is 10.6 Å². The number of aliphatic imine (C=N–C) groups is 1. The predicted molar refractivity (Wildman–Crippen MR) is 99.5 cm³/mol. The first kappa shape index (κ1) is 17.8. The zero-order valence-corrected chi connectivity index (χ0v) is 15.8. The van der Waals surface area contributed by atoms with Crippen LogP contribution in [0.3, 0.4) is 0 Å². The summed E-state index contributed by atoms with van der Waals surface area (Å²) in [5.74, 6) is 0.980. The number of hydrogen-bond donors (Lipinski definition) is 2. The van der Waals surface area contributed by atoms with Gasteiger partial charge in [-0.25, -0.2) is 0 Å². The van der Waals surface area contributed by atoms with Crippen LogP contribution >= 0.6 is 35.3 Å². The van der Waals surface area contributed by atoms with E-state index in [9.17, 15) is 0 Å². The zero-order valence-electron chi connectivity index (χ0n) is 12.6. The number of halogens is 1. The van der Waals surface area contributed by atoms with E-state index in [0.717, 1.165) is 18.9 Å². The lowest BCUT2D eigenvalue weighted by atomic mass is 9.93. The van der Waals surface area contributed by atoms with Crippen molar-refractivity contribution >= 4 is 41.3 Å². The van der Waals surface area contributed by atoms with Crippen molar-refractivity contribution in [2.24, 2.45) is 4.99 Å². The van der Waals surface area contributed by atoms with Gasteiger partial charge in [0.15, 0.2) is 5.96 Å². The Hall–Kier alpha value is -0.300. The van der Waals surface area contributed by atoms with Gasteiger partial charge in [0, 0.05) is 34.8 Å². The molecule has 0 aliphatic heterocycles. The molecule has 0 spiro atoms. The van der Waals surface area contributed by atoms with Gasteiger partial charge in [-0.1, -0.05) is 0 Å². The molecule has 0 radical (unpaired) electrons. The SMILES string of the molecule is CCN=C(NC(C)Cc1ccc(C)s1)NC1CCC1.I. The van der Waals surface area contributed by atoms with Crippen LogP contribution in [0.1, 0.15) is 42.9 Å². The maximum atomic E-state index is 4.53. The largest absolute Gasteiger partial charge is 0.354 e. The van der Waals surface area contributed by atoms with Crippen molar-refractivity contribution in [3.05, 3.63) is 21.9 Å². The highest BCUT2D eigenvalue weighted by Crippen LogP contribution is 2.18. The molecule has 1 aromatic heterocycles. The second kappa shape index (κ2) is 8.87. The van der Waals surface area contributed by atoms with Gasteiger partial charge in [0.1, 0.15) is 0 Å². The standard InChI is InChI=1S/C15H25N3S.HI/c1-4-16-15(18-13-6-5-7-13)17-11(2)10-14-9-8-12(3)19-14;/h8-9,11,13H,4-7,10H2,1-3H3,(H2,16,17,18);1H. The topological polar surface area (TPSA) is 36.4 Å². The van der Waals surface area contributed by atoms with Crippen molar-refractivity contribution in [2.75, 3.05) is 6.54 Å². The van der Waals surface area contributed by atoms with Gasteiger partial charge >= 0.3 is 0 Å². The summed E-state index contributed by atoms with van der Waals surface area (Å²) in [6.45, 7) is 7.29. The average molecular weight is 407 g/mol.